The first kappa shape index (κ1) is 11.4. The van der Waals surface area contributed by atoms with Crippen molar-refractivity contribution < 1.29 is 4.92 Å². The normalized spacial score (nSPS) is 12.5. The molecule has 76 valence electrons. The van der Waals surface area contributed by atoms with E-state index in [4.69, 9.17) is 17.3 Å². The number of rotatable bonds is 3. The van der Waals surface area contributed by atoms with Crippen LogP contribution in [0.25, 0.3) is 0 Å². The second-order valence-electron chi connectivity index (χ2n) is 2.82. The van der Waals surface area contributed by atoms with E-state index in [9.17, 15) is 10.1 Å². The second-order valence-corrected chi connectivity index (χ2v) is 4.18. The molecule has 0 spiro atoms. The first-order valence-electron chi connectivity index (χ1n) is 3.82. The average molecular weight is 280 g/mol. The van der Waals surface area contributed by atoms with Gasteiger partial charge in [-0.25, -0.2) is 0 Å². The number of nitrogens with zero attached hydrogens (tertiary/aromatic N) is 1. The topological polar surface area (TPSA) is 69.2 Å². The van der Waals surface area contributed by atoms with Gasteiger partial charge in [-0.05, 0) is 23.8 Å². The van der Waals surface area contributed by atoms with Gasteiger partial charge in [0, 0.05) is 14.4 Å². The maximum Gasteiger partial charge on any atom is 0.222 e. The Bertz CT molecular complexity index is 339. The monoisotopic (exact) mass is 278 g/mol. The predicted molar refractivity (Wildman–Crippen MR) is 57.9 cm³/mol. The molecular formula is C8H8BrClN2O2. The molecule has 0 aromatic heterocycles. The minimum Gasteiger partial charge on any atom is -0.319 e. The molecule has 1 atom stereocenters. The van der Waals surface area contributed by atoms with Gasteiger partial charge in [0.2, 0.25) is 6.54 Å². The van der Waals surface area contributed by atoms with Crippen LogP contribution in [0, 0.1) is 10.1 Å². The van der Waals surface area contributed by atoms with Crippen molar-refractivity contribution in [3.63, 3.8) is 0 Å². The molecule has 1 aromatic rings. The number of benzene rings is 1. The van der Waals surface area contributed by atoms with Gasteiger partial charge in [-0.2, -0.15) is 0 Å². The Labute approximate surface area is 94.3 Å². The maximum atomic E-state index is 10.2. The van der Waals surface area contributed by atoms with Gasteiger partial charge in [-0.3, -0.25) is 10.1 Å². The lowest BCUT2D eigenvalue weighted by Gasteiger charge is -2.08. The van der Waals surface area contributed by atoms with E-state index in [1.54, 1.807) is 18.2 Å². The molecule has 1 unspecified atom stereocenters. The van der Waals surface area contributed by atoms with E-state index in [0.29, 0.717) is 10.6 Å². The highest BCUT2D eigenvalue weighted by Crippen LogP contribution is 2.22. The summed E-state index contributed by atoms with van der Waals surface area (Å²) in [5.41, 5.74) is 6.27. The van der Waals surface area contributed by atoms with Crippen molar-refractivity contribution in [1.29, 1.82) is 0 Å². The molecule has 0 amide bonds. The van der Waals surface area contributed by atoms with Gasteiger partial charge in [0.05, 0.1) is 6.04 Å². The third kappa shape index (κ3) is 3.25. The van der Waals surface area contributed by atoms with Crippen LogP contribution in [-0.4, -0.2) is 11.5 Å². The molecular weight excluding hydrogens is 271 g/mol. The molecule has 1 aromatic carbocycles. The highest BCUT2D eigenvalue weighted by atomic mass is 79.9. The van der Waals surface area contributed by atoms with Crippen molar-refractivity contribution in [1.82, 2.24) is 0 Å². The largest absolute Gasteiger partial charge is 0.319 e. The molecule has 0 aliphatic carbocycles. The highest BCUT2D eigenvalue weighted by Gasteiger charge is 2.13. The molecule has 0 aliphatic heterocycles. The fourth-order valence-corrected chi connectivity index (χ4v) is 1.94. The van der Waals surface area contributed by atoms with Crippen LogP contribution in [-0.2, 0) is 0 Å². The Balaban J connectivity index is 2.89. The van der Waals surface area contributed by atoms with Crippen molar-refractivity contribution in [2.45, 2.75) is 6.04 Å². The molecule has 0 saturated heterocycles. The van der Waals surface area contributed by atoms with E-state index >= 15 is 0 Å². The minimum atomic E-state index is -0.625. The molecule has 2 N–H and O–H groups in total. The Morgan fingerprint density at radius 2 is 2.21 bits per heavy atom. The Morgan fingerprint density at radius 1 is 1.57 bits per heavy atom. The van der Waals surface area contributed by atoms with Gasteiger partial charge >= 0.3 is 0 Å². The molecule has 0 fully saturated rings. The quantitative estimate of drug-likeness (QED) is 0.682. The van der Waals surface area contributed by atoms with Gasteiger partial charge in [-0.1, -0.05) is 27.5 Å². The van der Waals surface area contributed by atoms with E-state index in [-0.39, 0.29) is 6.54 Å². The fraction of sp³-hybridized carbons (Fsp3) is 0.250. The van der Waals surface area contributed by atoms with Gasteiger partial charge < -0.3 is 5.73 Å². The van der Waals surface area contributed by atoms with Crippen molar-refractivity contribution in [3.05, 3.63) is 43.4 Å². The van der Waals surface area contributed by atoms with Crippen LogP contribution in [0.15, 0.2) is 22.7 Å². The SMILES string of the molecule is NC(C[N+](=O)[O-])c1cc(Cl)cc(Br)c1. The van der Waals surface area contributed by atoms with Crippen LogP contribution in [0.4, 0.5) is 0 Å². The third-order valence-corrected chi connectivity index (χ3v) is 2.33. The summed E-state index contributed by atoms with van der Waals surface area (Å²) < 4.78 is 0.763. The summed E-state index contributed by atoms with van der Waals surface area (Å²) in [7, 11) is 0. The number of hydrogen-bond donors (Lipinski definition) is 1. The summed E-state index contributed by atoms with van der Waals surface area (Å²) in [6, 6.07) is 4.42. The van der Waals surface area contributed by atoms with Crippen molar-refractivity contribution in [2.75, 3.05) is 6.54 Å². The van der Waals surface area contributed by atoms with E-state index < -0.39 is 11.0 Å². The summed E-state index contributed by atoms with van der Waals surface area (Å²) >= 11 is 9.01. The number of nitrogens with two attached hydrogens (primary N) is 1. The lowest BCUT2D eigenvalue weighted by molar-refractivity contribution is -0.483. The molecule has 0 saturated carbocycles. The zero-order chi connectivity index (χ0) is 10.7. The van der Waals surface area contributed by atoms with Gasteiger partial charge in [-0.15, -0.1) is 0 Å². The van der Waals surface area contributed by atoms with E-state index in [1.807, 2.05) is 0 Å². The van der Waals surface area contributed by atoms with Crippen molar-refractivity contribution in [2.24, 2.45) is 5.73 Å². The lowest BCUT2D eigenvalue weighted by atomic mass is 10.1. The summed E-state index contributed by atoms with van der Waals surface area (Å²) in [6.45, 7) is -0.299. The Kier molecular flexibility index (Phi) is 3.86. The van der Waals surface area contributed by atoms with Crippen LogP contribution in [0.1, 0.15) is 11.6 Å². The van der Waals surface area contributed by atoms with Gasteiger partial charge in [0.25, 0.3) is 0 Å². The van der Waals surface area contributed by atoms with E-state index in [2.05, 4.69) is 15.9 Å². The van der Waals surface area contributed by atoms with Crippen molar-refractivity contribution >= 4 is 27.5 Å². The summed E-state index contributed by atoms with van der Waals surface area (Å²) in [6.07, 6.45) is 0. The van der Waals surface area contributed by atoms with E-state index in [0.717, 1.165) is 4.47 Å². The number of halogens is 2. The van der Waals surface area contributed by atoms with Gasteiger partial charge in [0.1, 0.15) is 0 Å². The second kappa shape index (κ2) is 4.72. The van der Waals surface area contributed by atoms with Crippen LogP contribution in [0.5, 0.6) is 0 Å². The van der Waals surface area contributed by atoms with Crippen molar-refractivity contribution in [3.8, 4) is 0 Å². The zero-order valence-corrected chi connectivity index (χ0v) is 9.46. The molecule has 4 nitrogen and oxygen atoms in total. The Hall–Kier alpha value is -0.650. The smallest absolute Gasteiger partial charge is 0.222 e. The summed E-state index contributed by atoms with van der Waals surface area (Å²) in [5, 5.41) is 10.7. The average Bonchev–Trinajstić information content (AvgIpc) is 2.00. The standard InChI is InChI=1S/C8H8BrClN2O2/c9-6-1-5(2-7(10)3-6)8(11)4-12(13)14/h1-3,8H,4,11H2. The molecule has 0 radical (unpaired) electrons. The van der Waals surface area contributed by atoms with Crippen LogP contribution in [0.3, 0.4) is 0 Å². The minimum absolute atomic E-state index is 0.299. The molecule has 6 heteroatoms. The van der Waals surface area contributed by atoms with Crippen LogP contribution < -0.4 is 5.73 Å². The fourth-order valence-electron chi connectivity index (χ4n) is 1.06. The molecule has 1 rings (SSSR count). The first-order valence-corrected chi connectivity index (χ1v) is 4.99. The maximum absolute atomic E-state index is 10.2. The zero-order valence-electron chi connectivity index (χ0n) is 7.11. The summed E-state index contributed by atoms with van der Waals surface area (Å²) in [4.78, 5) is 9.79. The molecule has 0 bridgehead atoms. The Morgan fingerprint density at radius 3 is 2.71 bits per heavy atom. The molecule has 14 heavy (non-hydrogen) atoms. The number of nitro groups is 1. The van der Waals surface area contributed by atoms with Crippen LogP contribution >= 0.6 is 27.5 Å². The first-order chi connectivity index (χ1) is 6.49. The predicted octanol–water partition coefficient (Wildman–Crippen LogP) is 2.38. The van der Waals surface area contributed by atoms with Gasteiger partial charge in [0.15, 0.2) is 0 Å². The molecule has 0 heterocycles. The van der Waals surface area contributed by atoms with E-state index in [1.165, 1.54) is 0 Å². The highest BCUT2D eigenvalue weighted by molar-refractivity contribution is 9.10. The summed E-state index contributed by atoms with van der Waals surface area (Å²) in [5.74, 6) is 0. The number of hydrogen-bond acceptors (Lipinski definition) is 3. The lowest BCUT2D eigenvalue weighted by Crippen LogP contribution is -2.20. The van der Waals surface area contributed by atoms with Crippen LogP contribution in [0.2, 0.25) is 5.02 Å². The third-order valence-electron chi connectivity index (χ3n) is 1.66. The molecule has 0 aliphatic rings.